The quantitative estimate of drug-likeness (QED) is 0.407. The molecule has 1 N–H and O–H groups in total. The summed E-state index contributed by atoms with van der Waals surface area (Å²) in [4.78, 5) is 28.8. The van der Waals surface area contributed by atoms with Crippen LogP contribution >= 0.6 is 11.6 Å². The number of nitrogens with one attached hydrogen (secondary N) is 1. The van der Waals surface area contributed by atoms with Crippen LogP contribution in [-0.2, 0) is 9.59 Å². The molecule has 2 atom stereocenters. The van der Waals surface area contributed by atoms with Crippen molar-refractivity contribution in [3.63, 3.8) is 0 Å². The van der Waals surface area contributed by atoms with Crippen molar-refractivity contribution >= 4 is 23.4 Å². The van der Waals surface area contributed by atoms with Gasteiger partial charge in [-0.15, -0.1) is 11.6 Å². The number of para-hydroxylation sites is 2. The molecule has 0 radical (unpaired) electrons. The van der Waals surface area contributed by atoms with E-state index in [1.54, 1.807) is 25.3 Å². The topological polar surface area (TPSA) is 86.3 Å². The lowest BCUT2D eigenvalue weighted by Gasteiger charge is -2.36. The van der Waals surface area contributed by atoms with Crippen molar-refractivity contribution in [3.05, 3.63) is 48.0 Å². The zero-order valence-corrected chi connectivity index (χ0v) is 23.9. The smallest absolute Gasteiger partial charge is 0.247 e. The predicted octanol–water partition coefficient (Wildman–Crippen LogP) is 5.13. The molecule has 212 valence electrons. The molecule has 9 heteroatoms. The van der Waals surface area contributed by atoms with Crippen LogP contribution in [0.25, 0.3) is 0 Å². The van der Waals surface area contributed by atoms with Gasteiger partial charge in [0.1, 0.15) is 18.5 Å². The number of methoxy groups -OCH3 is 1. The molecular formula is C30H39ClN2O6. The highest BCUT2D eigenvalue weighted by Crippen LogP contribution is 2.35. The Labute approximate surface area is 235 Å². The summed E-state index contributed by atoms with van der Waals surface area (Å²) in [7, 11) is 1.55. The molecule has 2 aromatic carbocycles. The lowest BCUT2D eigenvalue weighted by Crippen LogP contribution is -2.51. The highest BCUT2D eigenvalue weighted by atomic mass is 35.5. The Hall–Kier alpha value is -3.13. The monoisotopic (exact) mass is 558 g/mol. The molecule has 1 fully saturated rings. The molecule has 1 heterocycles. The number of rotatable bonds is 10. The van der Waals surface area contributed by atoms with Crippen molar-refractivity contribution in [3.8, 4) is 23.0 Å². The first-order valence-corrected chi connectivity index (χ1v) is 14.2. The molecular weight excluding hydrogens is 520 g/mol. The maximum absolute atomic E-state index is 14.0. The first-order valence-electron chi connectivity index (χ1n) is 13.7. The maximum atomic E-state index is 14.0. The van der Waals surface area contributed by atoms with Gasteiger partial charge in [-0.1, -0.05) is 25.1 Å². The van der Waals surface area contributed by atoms with Crippen molar-refractivity contribution < 1.29 is 28.5 Å². The molecule has 0 bridgehead atoms. The minimum atomic E-state index is -0.946. The summed E-state index contributed by atoms with van der Waals surface area (Å²) in [5.41, 5.74) is 0.597. The van der Waals surface area contributed by atoms with E-state index in [2.05, 4.69) is 12.2 Å². The van der Waals surface area contributed by atoms with E-state index in [1.807, 2.05) is 38.1 Å². The Kier molecular flexibility index (Phi) is 9.83. The Balaban J connectivity index is 1.66. The molecule has 4 rings (SSSR count). The summed E-state index contributed by atoms with van der Waals surface area (Å²) in [6.45, 7) is 6.45. The first kappa shape index (κ1) is 28.9. The number of hydrogen-bond donors (Lipinski definition) is 1. The zero-order valence-electron chi connectivity index (χ0n) is 23.2. The van der Waals surface area contributed by atoms with Crippen LogP contribution in [0.1, 0.15) is 58.1 Å². The average Bonchev–Trinajstić information content (AvgIpc) is 2.93. The molecule has 2 amide bonds. The van der Waals surface area contributed by atoms with Gasteiger partial charge in [0.2, 0.25) is 11.8 Å². The van der Waals surface area contributed by atoms with Gasteiger partial charge in [-0.05, 0) is 75.3 Å². The van der Waals surface area contributed by atoms with Crippen LogP contribution in [-0.4, -0.2) is 61.1 Å². The number of amides is 2. The minimum Gasteiger partial charge on any atom is -0.493 e. The second kappa shape index (κ2) is 13.3. The number of fused-ring (bicyclic) bond motifs is 1. The molecule has 1 aliphatic heterocycles. The van der Waals surface area contributed by atoms with Crippen molar-refractivity contribution in [1.82, 2.24) is 10.2 Å². The molecule has 2 aromatic rings. The number of carbonyl (C=O) groups is 2. The van der Waals surface area contributed by atoms with Crippen LogP contribution < -0.4 is 24.3 Å². The van der Waals surface area contributed by atoms with E-state index in [0.717, 1.165) is 25.7 Å². The molecule has 0 aromatic heterocycles. The largest absolute Gasteiger partial charge is 0.493 e. The number of halogens is 1. The Bertz CT molecular complexity index is 1130. The number of hydrogen-bond acceptors (Lipinski definition) is 6. The molecule has 0 spiro atoms. The summed E-state index contributed by atoms with van der Waals surface area (Å²) in [5.74, 6) is 2.02. The fourth-order valence-electron chi connectivity index (χ4n) is 5.16. The normalized spacial score (nSPS) is 21.1. The van der Waals surface area contributed by atoms with Gasteiger partial charge in [0.15, 0.2) is 29.1 Å². The highest BCUT2D eigenvalue weighted by molar-refractivity contribution is 6.27. The molecule has 2 aliphatic rings. The van der Waals surface area contributed by atoms with Gasteiger partial charge in [0.25, 0.3) is 0 Å². The summed E-state index contributed by atoms with van der Waals surface area (Å²) >= 11 is 6.09. The van der Waals surface area contributed by atoms with E-state index >= 15 is 0 Å². The van der Waals surface area contributed by atoms with Gasteiger partial charge in [0, 0.05) is 6.04 Å². The second-order valence-corrected chi connectivity index (χ2v) is 10.9. The standard InChI is InChI=1S/C30H39ClN2O6/c1-19(2)38-26-14-11-21(15-27(26)36-4)29(30(35)32-22-12-9-20(3)10-13-22)33(28(34)16-31)17-23-18-37-24-7-5-6-8-25(24)39-23/h5-8,11,14-15,19-20,22-23,29H,9-10,12-13,16-18H2,1-4H3,(H,32,35)/t20?,22?,23-,29-/m0/s1. The second-order valence-electron chi connectivity index (χ2n) is 10.6. The van der Waals surface area contributed by atoms with E-state index in [4.69, 9.17) is 30.5 Å². The fourth-order valence-corrected chi connectivity index (χ4v) is 5.32. The lowest BCUT2D eigenvalue weighted by atomic mass is 9.87. The zero-order chi connectivity index (χ0) is 27.9. The first-order chi connectivity index (χ1) is 18.8. The number of alkyl halides is 1. The van der Waals surface area contributed by atoms with E-state index in [0.29, 0.717) is 34.5 Å². The SMILES string of the molecule is COc1cc([C@@H](C(=O)NC2CCC(C)CC2)N(C[C@H]2COc3ccccc3O2)C(=O)CCl)ccc1OC(C)C. The van der Waals surface area contributed by atoms with Crippen LogP contribution in [0.5, 0.6) is 23.0 Å². The molecule has 0 unspecified atom stereocenters. The number of ether oxygens (including phenoxy) is 4. The predicted molar refractivity (Wildman–Crippen MR) is 150 cm³/mol. The van der Waals surface area contributed by atoms with Crippen molar-refractivity contribution in [2.75, 3.05) is 26.1 Å². The number of carbonyl (C=O) groups excluding carboxylic acids is 2. The molecule has 1 saturated carbocycles. The molecule has 8 nitrogen and oxygen atoms in total. The third kappa shape index (κ3) is 7.29. The Morgan fingerprint density at radius 1 is 1.08 bits per heavy atom. The summed E-state index contributed by atoms with van der Waals surface area (Å²) in [6, 6.07) is 11.8. The fraction of sp³-hybridized carbons (Fsp3) is 0.533. The lowest BCUT2D eigenvalue weighted by molar-refractivity contribution is -0.141. The summed E-state index contributed by atoms with van der Waals surface area (Å²) in [6.07, 6.45) is 3.39. The van der Waals surface area contributed by atoms with E-state index in [1.165, 1.54) is 4.90 Å². The van der Waals surface area contributed by atoms with E-state index < -0.39 is 12.1 Å². The van der Waals surface area contributed by atoms with Crippen LogP contribution in [0.3, 0.4) is 0 Å². The molecule has 1 aliphatic carbocycles. The van der Waals surface area contributed by atoms with Crippen molar-refractivity contribution in [2.45, 2.75) is 70.7 Å². The van der Waals surface area contributed by atoms with Crippen LogP contribution in [0.15, 0.2) is 42.5 Å². The summed E-state index contributed by atoms with van der Waals surface area (Å²) in [5, 5.41) is 3.21. The van der Waals surface area contributed by atoms with Crippen LogP contribution in [0.2, 0.25) is 0 Å². The average molecular weight is 559 g/mol. The maximum Gasteiger partial charge on any atom is 0.247 e. The molecule has 0 saturated heterocycles. The van der Waals surface area contributed by atoms with Gasteiger partial charge < -0.3 is 29.2 Å². The minimum absolute atomic E-state index is 0.0516. The van der Waals surface area contributed by atoms with Crippen molar-refractivity contribution in [1.29, 1.82) is 0 Å². The van der Waals surface area contributed by atoms with Gasteiger partial charge in [-0.2, -0.15) is 0 Å². The highest BCUT2D eigenvalue weighted by Gasteiger charge is 2.36. The van der Waals surface area contributed by atoms with Crippen LogP contribution in [0.4, 0.5) is 0 Å². The number of benzene rings is 2. The van der Waals surface area contributed by atoms with Crippen LogP contribution in [0, 0.1) is 5.92 Å². The van der Waals surface area contributed by atoms with Crippen molar-refractivity contribution in [2.24, 2.45) is 5.92 Å². The van der Waals surface area contributed by atoms with Gasteiger partial charge in [0.05, 0.1) is 19.8 Å². The van der Waals surface area contributed by atoms with Gasteiger partial charge in [-0.3, -0.25) is 9.59 Å². The van der Waals surface area contributed by atoms with Gasteiger partial charge >= 0.3 is 0 Å². The Morgan fingerprint density at radius 3 is 2.46 bits per heavy atom. The third-order valence-electron chi connectivity index (χ3n) is 7.19. The van der Waals surface area contributed by atoms with Gasteiger partial charge in [-0.25, -0.2) is 0 Å². The summed E-state index contributed by atoms with van der Waals surface area (Å²) < 4.78 is 23.5. The molecule has 39 heavy (non-hydrogen) atoms. The number of nitrogens with zero attached hydrogens (tertiary/aromatic N) is 1. The van der Waals surface area contributed by atoms with E-state index in [9.17, 15) is 9.59 Å². The third-order valence-corrected chi connectivity index (χ3v) is 7.42. The Morgan fingerprint density at radius 2 is 1.79 bits per heavy atom. The van der Waals surface area contributed by atoms with E-state index in [-0.39, 0.29) is 43.0 Å².